The number of nitrogens with two attached hydrogens (primary N) is 1. The minimum atomic E-state index is 0.245. The van der Waals surface area contributed by atoms with Crippen LogP contribution in [-0.2, 0) is 0 Å². The van der Waals surface area contributed by atoms with Crippen LogP contribution in [0, 0.1) is 11.3 Å². The number of anilines is 1. The maximum Gasteiger partial charge on any atom is 0.222 e. The topological polar surface area (TPSA) is 80.5 Å². The summed E-state index contributed by atoms with van der Waals surface area (Å²) in [5.41, 5.74) is 5.66. The lowest BCUT2D eigenvalue weighted by Crippen LogP contribution is -2.07. The molecule has 1 rings (SSSR count). The predicted octanol–water partition coefficient (Wildman–Crippen LogP) is 1.45. The first kappa shape index (κ1) is 10.9. The maximum atomic E-state index is 8.40. The van der Waals surface area contributed by atoms with Crippen LogP contribution in [0.3, 0.4) is 0 Å². The molecule has 76 valence electrons. The molecule has 14 heavy (non-hydrogen) atoms. The standard InChI is InChI=1S/C8H13N5S/c1-6(2)13-7(10)11-12-8(13)14-5-3-4-9/h6H,3,5H2,1-2H3,(H2,10,11). The molecule has 0 atom stereocenters. The molecule has 2 N–H and O–H groups in total. The zero-order chi connectivity index (χ0) is 10.6. The molecule has 0 fully saturated rings. The molecule has 0 bridgehead atoms. The Hall–Kier alpha value is -1.22. The highest BCUT2D eigenvalue weighted by Gasteiger charge is 2.11. The molecule has 6 heteroatoms. The second-order valence-electron chi connectivity index (χ2n) is 3.06. The van der Waals surface area contributed by atoms with E-state index in [2.05, 4.69) is 16.3 Å². The van der Waals surface area contributed by atoms with Crippen LogP contribution < -0.4 is 5.73 Å². The van der Waals surface area contributed by atoms with Gasteiger partial charge in [-0.3, -0.25) is 4.57 Å². The third-order valence-corrected chi connectivity index (χ3v) is 2.60. The highest BCUT2D eigenvalue weighted by molar-refractivity contribution is 7.99. The van der Waals surface area contributed by atoms with Gasteiger partial charge in [0.05, 0.1) is 6.07 Å². The van der Waals surface area contributed by atoms with Crippen LogP contribution in [0.2, 0.25) is 0 Å². The third-order valence-electron chi connectivity index (χ3n) is 1.65. The number of nitrogens with zero attached hydrogens (tertiary/aromatic N) is 4. The van der Waals surface area contributed by atoms with Crippen molar-refractivity contribution in [1.29, 1.82) is 5.26 Å². The van der Waals surface area contributed by atoms with E-state index in [4.69, 9.17) is 11.0 Å². The maximum absolute atomic E-state index is 8.40. The van der Waals surface area contributed by atoms with Crippen molar-refractivity contribution in [2.45, 2.75) is 31.5 Å². The van der Waals surface area contributed by atoms with Gasteiger partial charge in [0.15, 0.2) is 5.16 Å². The van der Waals surface area contributed by atoms with Gasteiger partial charge in [0.2, 0.25) is 5.95 Å². The summed E-state index contributed by atoms with van der Waals surface area (Å²) in [5, 5.41) is 16.9. The predicted molar refractivity (Wildman–Crippen MR) is 55.8 cm³/mol. The summed E-state index contributed by atoms with van der Waals surface area (Å²) >= 11 is 1.51. The van der Waals surface area contributed by atoms with E-state index < -0.39 is 0 Å². The molecule has 0 unspecified atom stereocenters. The van der Waals surface area contributed by atoms with E-state index in [9.17, 15) is 0 Å². The van der Waals surface area contributed by atoms with Gasteiger partial charge in [-0.05, 0) is 13.8 Å². The Labute approximate surface area is 87.3 Å². The average molecular weight is 211 g/mol. The Morgan fingerprint density at radius 1 is 1.57 bits per heavy atom. The van der Waals surface area contributed by atoms with Crippen molar-refractivity contribution in [2.24, 2.45) is 0 Å². The van der Waals surface area contributed by atoms with E-state index in [0.717, 1.165) is 10.9 Å². The zero-order valence-corrected chi connectivity index (χ0v) is 9.08. The average Bonchev–Trinajstić information content (AvgIpc) is 2.47. The van der Waals surface area contributed by atoms with Gasteiger partial charge in [-0.15, -0.1) is 10.2 Å². The Morgan fingerprint density at radius 2 is 2.29 bits per heavy atom. The Kier molecular flexibility index (Phi) is 3.77. The lowest BCUT2D eigenvalue weighted by Gasteiger charge is -2.10. The van der Waals surface area contributed by atoms with E-state index in [1.807, 2.05) is 18.4 Å². The number of nitrogen functional groups attached to an aromatic ring is 1. The highest BCUT2D eigenvalue weighted by Crippen LogP contribution is 2.22. The second kappa shape index (κ2) is 4.86. The molecular formula is C8H13N5S. The fourth-order valence-electron chi connectivity index (χ4n) is 1.06. The zero-order valence-electron chi connectivity index (χ0n) is 8.27. The molecular weight excluding hydrogens is 198 g/mol. The van der Waals surface area contributed by atoms with Crippen molar-refractivity contribution in [2.75, 3.05) is 11.5 Å². The summed E-state index contributed by atoms with van der Waals surface area (Å²) in [5.74, 6) is 1.15. The van der Waals surface area contributed by atoms with Gasteiger partial charge in [-0.2, -0.15) is 5.26 Å². The minimum absolute atomic E-state index is 0.245. The monoisotopic (exact) mass is 211 g/mol. The largest absolute Gasteiger partial charge is 0.368 e. The van der Waals surface area contributed by atoms with Gasteiger partial charge in [0.1, 0.15) is 0 Å². The fourth-order valence-corrected chi connectivity index (χ4v) is 1.98. The van der Waals surface area contributed by atoms with Crippen LogP contribution in [0.4, 0.5) is 5.95 Å². The van der Waals surface area contributed by atoms with Crippen molar-refractivity contribution in [3.63, 3.8) is 0 Å². The van der Waals surface area contributed by atoms with Crippen molar-refractivity contribution < 1.29 is 0 Å². The molecule has 0 spiro atoms. The van der Waals surface area contributed by atoms with Crippen LogP contribution in [0.25, 0.3) is 0 Å². The molecule has 0 saturated heterocycles. The number of thioether (sulfide) groups is 1. The van der Waals surface area contributed by atoms with Crippen LogP contribution in [-0.4, -0.2) is 20.5 Å². The van der Waals surface area contributed by atoms with E-state index in [0.29, 0.717) is 12.4 Å². The van der Waals surface area contributed by atoms with Gasteiger partial charge in [-0.25, -0.2) is 0 Å². The number of hydrogen-bond donors (Lipinski definition) is 1. The van der Waals surface area contributed by atoms with Crippen molar-refractivity contribution >= 4 is 17.7 Å². The summed E-state index contributed by atoms with van der Waals surface area (Å²) < 4.78 is 1.86. The Balaban J connectivity index is 2.72. The van der Waals surface area contributed by atoms with E-state index in [-0.39, 0.29) is 6.04 Å². The molecule has 0 aliphatic rings. The van der Waals surface area contributed by atoms with Gasteiger partial charge < -0.3 is 5.73 Å². The number of aromatic nitrogens is 3. The molecule has 0 aliphatic heterocycles. The molecule has 0 aromatic carbocycles. The summed E-state index contributed by atoms with van der Waals surface area (Å²) in [6.07, 6.45) is 0.509. The van der Waals surface area contributed by atoms with Crippen molar-refractivity contribution in [3.8, 4) is 6.07 Å². The SMILES string of the molecule is CC(C)n1c(N)nnc1SCCC#N. The van der Waals surface area contributed by atoms with Gasteiger partial charge >= 0.3 is 0 Å². The van der Waals surface area contributed by atoms with E-state index >= 15 is 0 Å². The van der Waals surface area contributed by atoms with Crippen molar-refractivity contribution in [3.05, 3.63) is 0 Å². The first-order valence-corrected chi connectivity index (χ1v) is 5.35. The molecule has 0 radical (unpaired) electrons. The van der Waals surface area contributed by atoms with Gasteiger partial charge in [0.25, 0.3) is 0 Å². The lowest BCUT2D eigenvalue weighted by molar-refractivity contribution is 0.557. The fraction of sp³-hybridized carbons (Fsp3) is 0.625. The molecule has 1 aromatic rings. The molecule has 5 nitrogen and oxygen atoms in total. The molecule has 0 amide bonds. The van der Waals surface area contributed by atoms with Crippen molar-refractivity contribution in [1.82, 2.24) is 14.8 Å². The summed E-state index contributed by atoms with van der Waals surface area (Å²) in [7, 11) is 0. The summed E-state index contributed by atoms with van der Waals surface area (Å²) in [4.78, 5) is 0. The number of rotatable bonds is 4. The van der Waals surface area contributed by atoms with Gasteiger partial charge in [0, 0.05) is 18.2 Å². The quantitative estimate of drug-likeness (QED) is 0.602. The van der Waals surface area contributed by atoms with E-state index in [1.165, 1.54) is 11.8 Å². The minimum Gasteiger partial charge on any atom is -0.368 e. The normalized spacial score (nSPS) is 10.4. The Bertz CT molecular complexity index is 338. The number of nitriles is 1. The second-order valence-corrected chi connectivity index (χ2v) is 4.12. The van der Waals surface area contributed by atoms with Crippen LogP contribution >= 0.6 is 11.8 Å². The molecule has 0 aliphatic carbocycles. The highest BCUT2D eigenvalue weighted by atomic mass is 32.2. The van der Waals surface area contributed by atoms with Crippen LogP contribution in [0.5, 0.6) is 0 Å². The summed E-state index contributed by atoms with van der Waals surface area (Å²) in [6, 6.07) is 2.33. The first-order chi connectivity index (χ1) is 6.66. The van der Waals surface area contributed by atoms with Crippen LogP contribution in [0.1, 0.15) is 26.3 Å². The Morgan fingerprint density at radius 3 is 2.86 bits per heavy atom. The smallest absolute Gasteiger partial charge is 0.222 e. The number of hydrogen-bond acceptors (Lipinski definition) is 5. The van der Waals surface area contributed by atoms with E-state index in [1.54, 1.807) is 0 Å². The molecule has 1 aromatic heterocycles. The molecule has 0 saturated carbocycles. The van der Waals surface area contributed by atoms with Crippen LogP contribution in [0.15, 0.2) is 5.16 Å². The molecule has 1 heterocycles. The first-order valence-electron chi connectivity index (χ1n) is 4.37. The van der Waals surface area contributed by atoms with Gasteiger partial charge in [-0.1, -0.05) is 11.8 Å². The summed E-state index contributed by atoms with van der Waals surface area (Å²) in [6.45, 7) is 4.04. The lowest BCUT2D eigenvalue weighted by atomic mass is 10.4. The third kappa shape index (κ3) is 2.39.